The van der Waals surface area contributed by atoms with Crippen LogP contribution in [0, 0.1) is 5.82 Å². The monoisotopic (exact) mass is 477 g/mol. The molecular weight excluding hydrogens is 453 g/mol. The molecule has 33 heavy (non-hydrogen) atoms. The number of rotatable bonds is 6. The molecule has 2 aromatic rings. The highest BCUT2D eigenvalue weighted by Gasteiger charge is 2.48. The summed E-state index contributed by atoms with van der Waals surface area (Å²) in [5.74, 6) is -1.76. The lowest BCUT2D eigenvalue weighted by molar-refractivity contribution is -0.123. The number of carbonyl (C=O) groups is 2. The molecule has 4 rings (SSSR count). The topological polar surface area (TPSA) is 103 Å². The molecule has 0 unspecified atom stereocenters. The van der Waals surface area contributed by atoms with Gasteiger partial charge in [-0.05, 0) is 50.8 Å². The largest absolute Gasteiger partial charge is 0.502 e. The van der Waals surface area contributed by atoms with E-state index in [0.29, 0.717) is 36.2 Å². The predicted molar refractivity (Wildman–Crippen MR) is 120 cm³/mol. The average Bonchev–Trinajstić information content (AvgIpc) is 2.97. The Morgan fingerprint density at radius 1 is 1.18 bits per heavy atom. The van der Waals surface area contributed by atoms with Crippen molar-refractivity contribution >= 4 is 29.2 Å². The Morgan fingerprint density at radius 2 is 1.91 bits per heavy atom. The summed E-state index contributed by atoms with van der Waals surface area (Å²) >= 11 is 5.85. The van der Waals surface area contributed by atoms with Crippen molar-refractivity contribution in [3.8, 4) is 5.75 Å². The molecule has 0 saturated carbocycles. The first kappa shape index (κ1) is 23.3. The zero-order chi connectivity index (χ0) is 24.1. The van der Waals surface area contributed by atoms with Crippen LogP contribution in [0.5, 0.6) is 5.75 Å². The Kier molecular flexibility index (Phi) is 5.96. The number of fused-ring (bicyclic) bond motifs is 3. The summed E-state index contributed by atoms with van der Waals surface area (Å²) in [5, 5.41) is 19.8. The van der Waals surface area contributed by atoms with Crippen LogP contribution in [0.1, 0.15) is 48.2 Å². The molecule has 1 aromatic carbocycles. The highest BCUT2D eigenvalue weighted by Crippen LogP contribution is 2.41. The first-order valence-corrected chi connectivity index (χ1v) is 11.1. The lowest BCUT2D eigenvalue weighted by Gasteiger charge is -2.31. The summed E-state index contributed by atoms with van der Waals surface area (Å²) in [7, 11) is 0. The van der Waals surface area contributed by atoms with E-state index in [0.717, 1.165) is 0 Å². The van der Waals surface area contributed by atoms with E-state index in [-0.39, 0.29) is 42.7 Å². The fourth-order valence-electron chi connectivity index (χ4n) is 4.60. The molecule has 2 aliphatic rings. The smallest absolute Gasteiger partial charge is 0.296 e. The molecule has 10 heteroatoms. The van der Waals surface area contributed by atoms with Crippen molar-refractivity contribution < 1.29 is 24.2 Å². The number of halogens is 2. The van der Waals surface area contributed by atoms with Gasteiger partial charge in [0, 0.05) is 31.8 Å². The summed E-state index contributed by atoms with van der Waals surface area (Å²) in [6.45, 7) is 3.88. The van der Waals surface area contributed by atoms with Gasteiger partial charge < -0.3 is 15.1 Å². The Balaban J connectivity index is 1.77. The highest BCUT2D eigenvalue weighted by atomic mass is 35.5. The first-order chi connectivity index (χ1) is 15.6. The van der Waals surface area contributed by atoms with Crippen LogP contribution < -0.4 is 10.5 Å². The predicted octanol–water partition coefficient (Wildman–Crippen LogP) is 2.40. The standard InChI is InChI=1S/C23H25ClFN3O5/c1-23(2)22(33)27(8-3-4-10-29)19-14-7-9-26(12-13-5-6-16(25)15(24)11-13)20(31)17(14)18(30)21(32)28(19)23/h5-6,11,29-30H,3-4,7-10,12H2,1-2H3. The number of benzene rings is 1. The molecule has 1 aromatic heterocycles. The molecular formula is C23H25ClFN3O5. The van der Waals surface area contributed by atoms with Gasteiger partial charge in [-0.2, -0.15) is 0 Å². The minimum absolute atomic E-state index is 0.0211. The number of carbonyl (C=O) groups excluding carboxylic acids is 2. The van der Waals surface area contributed by atoms with Gasteiger partial charge in [0.25, 0.3) is 17.4 Å². The van der Waals surface area contributed by atoms with Crippen molar-refractivity contribution in [3.63, 3.8) is 0 Å². The molecule has 0 bridgehead atoms. The molecule has 0 fully saturated rings. The summed E-state index contributed by atoms with van der Waals surface area (Å²) < 4.78 is 14.8. The second-order valence-corrected chi connectivity index (χ2v) is 9.25. The van der Waals surface area contributed by atoms with Gasteiger partial charge >= 0.3 is 0 Å². The quantitative estimate of drug-likeness (QED) is 0.622. The van der Waals surface area contributed by atoms with Gasteiger partial charge in [0.1, 0.15) is 17.2 Å². The first-order valence-electron chi connectivity index (χ1n) is 10.8. The van der Waals surface area contributed by atoms with E-state index < -0.39 is 28.6 Å². The van der Waals surface area contributed by atoms with Gasteiger partial charge in [0.2, 0.25) is 0 Å². The Morgan fingerprint density at radius 3 is 2.58 bits per heavy atom. The lowest BCUT2D eigenvalue weighted by Crippen LogP contribution is -2.42. The minimum atomic E-state index is -1.22. The number of aliphatic hydroxyl groups excluding tert-OH is 1. The van der Waals surface area contributed by atoms with Gasteiger partial charge in [0.05, 0.1) is 10.6 Å². The number of aromatic nitrogens is 1. The van der Waals surface area contributed by atoms with Crippen LogP contribution in [0.25, 0.3) is 0 Å². The van der Waals surface area contributed by atoms with Crippen LogP contribution >= 0.6 is 11.6 Å². The van der Waals surface area contributed by atoms with Gasteiger partial charge in [0.15, 0.2) is 5.75 Å². The zero-order valence-corrected chi connectivity index (χ0v) is 19.2. The molecule has 2 amide bonds. The van der Waals surface area contributed by atoms with Crippen molar-refractivity contribution in [2.75, 3.05) is 24.6 Å². The van der Waals surface area contributed by atoms with Crippen LogP contribution in [0.2, 0.25) is 5.02 Å². The third kappa shape index (κ3) is 3.69. The van der Waals surface area contributed by atoms with Gasteiger partial charge in [-0.3, -0.25) is 23.9 Å². The highest BCUT2D eigenvalue weighted by molar-refractivity contribution is 6.30. The zero-order valence-electron chi connectivity index (χ0n) is 18.4. The molecule has 0 saturated heterocycles. The Bertz CT molecular complexity index is 1210. The van der Waals surface area contributed by atoms with E-state index in [9.17, 15) is 23.9 Å². The van der Waals surface area contributed by atoms with E-state index in [4.69, 9.17) is 16.7 Å². The Hall–Kier alpha value is -2.91. The van der Waals surface area contributed by atoms with Crippen molar-refractivity contribution in [3.05, 3.63) is 56.1 Å². The van der Waals surface area contributed by atoms with Gasteiger partial charge in [-0.25, -0.2) is 4.39 Å². The van der Waals surface area contributed by atoms with E-state index in [1.807, 2.05) is 0 Å². The molecule has 8 nitrogen and oxygen atoms in total. The van der Waals surface area contributed by atoms with Crippen LogP contribution in [0.3, 0.4) is 0 Å². The maximum absolute atomic E-state index is 13.5. The molecule has 0 radical (unpaired) electrons. The summed E-state index contributed by atoms with van der Waals surface area (Å²) in [5.41, 5.74) is -1.07. The average molecular weight is 478 g/mol. The fraction of sp³-hybridized carbons (Fsp3) is 0.435. The van der Waals surface area contributed by atoms with E-state index in [1.54, 1.807) is 13.8 Å². The molecule has 2 N–H and O–H groups in total. The van der Waals surface area contributed by atoms with Crippen LogP contribution in [-0.2, 0) is 23.3 Å². The number of nitrogens with zero attached hydrogens (tertiary/aromatic N) is 3. The maximum Gasteiger partial charge on any atom is 0.296 e. The SMILES string of the molecule is CC1(C)C(=O)N(CCCCO)c2c3c(c(O)c(=O)n21)C(=O)N(Cc1ccc(F)c(Cl)c1)CC3. The van der Waals surface area contributed by atoms with Gasteiger partial charge in [-0.1, -0.05) is 17.7 Å². The summed E-state index contributed by atoms with van der Waals surface area (Å²) in [6, 6.07) is 4.17. The van der Waals surface area contributed by atoms with Crippen LogP contribution in [-0.4, -0.2) is 51.2 Å². The molecule has 3 heterocycles. The van der Waals surface area contributed by atoms with Crippen molar-refractivity contribution in [2.45, 2.75) is 45.2 Å². The van der Waals surface area contributed by atoms with Crippen molar-refractivity contribution in [1.29, 1.82) is 0 Å². The maximum atomic E-state index is 13.5. The number of pyridine rings is 1. The normalized spacial score (nSPS) is 16.9. The Labute approximate surface area is 194 Å². The second kappa shape index (κ2) is 8.46. The summed E-state index contributed by atoms with van der Waals surface area (Å²) in [6.07, 6.45) is 1.33. The van der Waals surface area contributed by atoms with Crippen molar-refractivity contribution in [1.82, 2.24) is 9.47 Å². The van der Waals surface area contributed by atoms with E-state index >= 15 is 0 Å². The second-order valence-electron chi connectivity index (χ2n) is 8.84. The molecule has 0 spiro atoms. The number of amides is 2. The molecule has 0 atom stereocenters. The van der Waals surface area contributed by atoms with E-state index in [1.165, 1.54) is 32.6 Å². The molecule has 0 aliphatic carbocycles. The third-order valence-electron chi connectivity index (χ3n) is 6.29. The molecule has 176 valence electrons. The fourth-order valence-corrected chi connectivity index (χ4v) is 4.80. The molecule has 2 aliphatic heterocycles. The number of hydrogen-bond donors (Lipinski definition) is 2. The van der Waals surface area contributed by atoms with Crippen LogP contribution in [0.4, 0.5) is 10.2 Å². The number of anilines is 1. The number of unbranched alkanes of at least 4 members (excludes halogenated alkanes) is 1. The summed E-state index contributed by atoms with van der Waals surface area (Å²) in [4.78, 5) is 42.6. The van der Waals surface area contributed by atoms with Crippen molar-refractivity contribution in [2.24, 2.45) is 0 Å². The van der Waals surface area contributed by atoms with Gasteiger partial charge in [-0.15, -0.1) is 0 Å². The lowest BCUT2D eigenvalue weighted by atomic mass is 9.97. The number of aromatic hydroxyl groups is 1. The van der Waals surface area contributed by atoms with E-state index in [2.05, 4.69) is 0 Å². The number of hydrogen-bond acceptors (Lipinski definition) is 5. The van der Waals surface area contributed by atoms with Crippen LogP contribution in [0.15, 0.2) is 23.0 Å². The third-order valence-corrected chi connectivity index (χ3v) is 6.58. The minimum Gasteiger partial charge on any atom is -0.502 e. The number of aliphatic hydroxyl groups is 1.